The van der Waals surface area contributed by atoms with Crippen molar-refractivity contribution in [3.63, 3.8) is 0 Å². The lowest BCUT2D eigenvalue weighted by atomic mass is 9.83. The third-order valence-corrected chi connectivity index (χ3v) is 10.2. The van der Waals surface area contributed by atoms with Crippen molar-refractivity contribution in [3.8, 4) is 17.2 Å². The molecule has 0 saturated heterocycles. The van der Waals surface area contributed by atoms with Crippen molar-refractivity contribution >= 4 is 46.0 Å². The maximum absolute atomic E-state index is 12.7. The topological polar surface area (TPSA) is 305 Å². The monoisotopic (exact) mass is 912 g/mol. The van der Waals surface area contributed by atoms with Crippen molar-refractivity contribution < 1.29 is 73.9 Å². The fourth-order valence-electron chi connectivity index (χ4n) is 6.30. The zero-order chi connectivity index (χ0) is 49.8. The van der Waals surface area contributed by atoms with Gasteiger partial charge in [-0.15, -0.1) is 0 Å². The molecule has 0 saturated carbocycles. The van der Waals surface area contributed by atoms with E-state index < -0.39 is 62.5 Å². The number of carboxylic acids is 4. The third-order valence-electron chi connectivity index (χ3n) is 10.2. The lowest BCUT2D eigenvalue weighted by Crippen LogP contribution is -2.40. The number of halogens is 1. The van der Waals surface area contributed by atoms with Crippen LogP contribution in [0.3, 0.4) is 0 Å². The Labute approximate surface area is 375 Å². The van der Waals surface area contributed by atoms with Crippen LogP contribution in [0.25, 0.3) is 10.8 Å². The van der Waals surface area contributed by atoms with Gasteiger partial charge in [-0.25, -0.2) is 23.6 Å². The first-order valence-corrected chi connectivity index (χ1v) is 19.4. The van der Waals surface area contributed by atoms with Gasteiger partial charge in [0.05, 0.1) is 9.85 Å². The summed E-state index contributed by atoms with van der Waals surface area (Å²) in [5.74, 6) is -6.38. The van der Waals surface area contributed by atoms with Crippen molar-refractivity contribution in [2.45, 2.75) is 53.2 Å². The molecule has 6 rings (SSSR count). The smallest absolute Gasteiger partial charge is 0.340 e. The van der Waals surface area contributed by atoms with Crippen molar-refractivity contribution in [2.24, 2.45) is 5.92 Å². The van der Waals surface area contributed by atoms with Gasteiger partial charge in [-0.05, 0) is 91.3 Å². The molecule has 18 nitrogen and oxygen atoms in total. The van der Waals surface area contributed by atoms with Crippen molar-refractivity contribution in [1.29, 1.82) is 0 Å². The highest BCUT2D eigenvalue weighted by Crippen LogP contribution is 2.38. The quantitative estimate of drug-likeness (QED) is 0.0471. The third kappa shape index (κ3) is 12.5. The van der Waals surface area contributed by atoms with Gasteiger partial charge in [-0.2, -0.15) is 0 Å². The fourth-order valence-corrected chi connectivity index (χ4v) is 6.30. The Morgan fingerprint density at radius 3 is 1.61 bits per heavy atom. The molecule has 0 radical (unpaired) electrons. The molecular formula is C47H45FN2O16. The lowest BCUT2D eigenvalue weighted by molar-refractivity contribution is -0.385. The summed E-state index contributed by atoms with van der Waals surface area (Å²) < 4.78 is 18.4. The molecule has 0 aliphatic heterocycles. The minimum Gasteiger partial charge on any atom is -0.506 e. The Hall–Kier alpha value is -8.29. The van der Waals surface area contributed by atoms with Gasteiger partial charge < -0.3 is 40.5 Å². The van der Waals surface area contributed by atoms with Crippen LogP contribution in [-0.4, -0.2) is 69.5 Å². The fraction of sp³-hybridized carbons (Fsp3) is 0.191. The van der Waals surface area contributed by atoms with Gasteiger partial charge in [-0.1, -0.05) is 74.5 Å². The van der Waals surface area contributed by atoms with Crippen LogP contribution in [0.1, 0.15) is 74.0 Å². The van der Waals surface area contributed by atoms with Gasteiger partial charge >= 0.3 is 23.9 Å². The van der Waals surface area contributed by atoms with Crippen LogP contribution in [0.15, 0.2) is 109 Å². The molecule has 0 spiro atoms. The Balaban J connectivity index is 0.000000243. The molecule has 0 aliphatic carbocycles. The van der Waals surface area contributed by atoms with E-state index in [0.29, 0.717) is 33.7 Å². The number of carbonyl (C=O) groups is 4. The number of benzene rings is 6. The number of ether oxygens (including phenoxy) is 1. The van der Waals surface area contributed by atoms with E-state index in [2.05, 4.69) is 0 Å². The number of phenols is 1. The van der Waals surface area contributed by atoms with Gasteiger partial charge in [0.1, 0.15) is 34.2 Å². The number of aromatic hydroxyl groups is 1. The second-order valence-corrected chi connectivity index (χ2v) is 14.7. The zero-order valence-electron chi connectivity index (χ0n) is 36.1. The minimum atomic E-state index is -1.79. The summed E-state index contributed by atoms with van der Waals surface area (Å²) in [4.78, 5) is 63.0. The van der Waals surface area contributed by atoms with Gasteiger partial charge in [0.25, 0.3) is 11.4 Å². The number of carboxylic acid groups (broad SMARTS) is 4. The zero-order valence-corrected chi connectivity index (χ0v) is 36.1. The number of nitro benzene ring substituents is 2. The number of rotatable bonds is 11. The summed E-state index contributed by atoms with van der Waals surface area (Å²) in [7, 11) is 0. The van der Waals surface area contributed by atoms with E-state index >= 15 is 0 Å². The summed E-state index contributed by atoms with van der Waals surface area (Å²) in [6.07, 6.45) is -1.43. The molecule has 0 heterocycles. The second kappa shape index (κ2) is 22.4. The Morgan fingerprint density at radius 1 is 0.667 bits per heavy atom. The molecule has 0 aliphatic rings. The van der Waals surface area contributed by atoms with Crippen LogP contribution < -0.4 is 4.74 Å². The SMILES string of the molecule is CC(C)C(O)(C(=O)O)c1ccccc1.Cc1cc(C)c(C)c(C(O)C(=O)O)c1C.O=C(O)c1cc(Oc2ccc([N+](=O)[O-])cc2)c2ccccc2c1O.O=C(O)c1cc([N+](=O)[O-])ccc1F. The van der Waals surface area contributed by atoms with Gasteiger partial charge in [-0.3, -0.25) is 20.2 Å². The summed E-state index contributed by atoms with van der Waals surface area (Å²) in [6.45, 7) is 10.9. The predicted octanol–water partition coefficient (Wildman–Crippen LogP) is 9.03. The summed E-state index contributed by atoms with van der Waals surface area (Å²) in [5, 5.41) is 86.9. The summed E-state index contributed by atoms with van der Waals surface area (Å²) in [6, 6.07) is 26.1. The van der Waals surface area contributed by atoms with Crippen molar-refractivity contribution in [3.05, 3.63) is 180 Å². The maximum Gasteiger partial charge on any atom is 0.340 e. The maximum atomic E-state index is 12.7. The molecular weight excluding hydrogens is 868 g/mol. The van der Waals surface area contributed by atoms with Crippen LogP contribution in [-0.2, 0) is 15.2 Å². The van der Waals surface area contributed by atoms with Crippen molar-refractivity contribution in [2.75, 3.05) is 0 Å². The first kappa shape index (κ1) is 52.1. The number of aryl methyl sites for hydroxylation is 2. The molecule has 0 fully saturated rings. The average molecular weight is 913 g/mol. The van der Waals surface area contributed by atoms with Crippen LogP contribution in [0.4, 0.5) is 15.8 Å². The van der Waals surface area contributed by atoms with E-state index in [1.165, 1.54) is 30.3 Å². The van der Waals surface area contributed by atoms with Crippen LogP contribution in [0, 0.1) is 59.7 Å². The highest BCUT2D eigenvalue weighted by Gasteiger charge is 2.41. The number of nitrogens with zero attached hydrogens (tertiary/aromatic N) is 2. The summed E-state index contributed by atoms with van der Waals surface area (Å²) in [5.41, 5.74) is 1.37. The first-order valence-electron chi connectivity index (χ1n) is 19.4. The standard InChI is InChI=1S/C17H11NO6.C12H16O3.C11H14O3.C7H4FNO4/c19-16-13-4-2-1-3-12(13)15(9-14(16)17(20)21)24-11-7-5-10(6-8-11)18(22)23;1-6-5-7(2)9(4)10(8(6)3)11(13)12(14)15;1-8(2)11(14,10(12)13)9-6-4-3-5-7-9;8-6-2-1-4(9(12)13)3-5(6)7(10)11/h1-9,19H,(H,20,21);5,11,13H,1-4H3,(H,14,15);3-8,14H,1-2H3,(H,12,13);1-3H,(H,10,11). The highest BCUT2D eigenvalue weighted by molar-refractivity contribution is 6.03. The molecule has 66 heavy (non-hydrogen) atoms. The number of hydrogen-bond acceptors (Lipinski definition) is 12. The number of nitro groups is 2. The van der Waals surface area contributed by atoms with E-state index in [1.807, 2.05) is 33.8 Å². The minimum absolute atomic E-state index is 0.0795. The normalized spacial score (nSPS) is 11.8. The lowest BCUT2D eigenvalue weighted by Gasteiger charge is -2.27. The molecule has 6 aromatic carbocycles. The van der Waals surface area contributed by atoms with Gasteiger partial charge in [0, 0.05) is 35.0 Å². The molecule has 0 aromatic heterocycles. The Morgan fingerprint density at radius 2 is 1.15 bits per heavy atom. The van der Waals surface area contributed by atoms with Gasteiger partial charge in [0.15, 0.2) is 11.7 Å². The summed E-state index contributed by atoms with van der Waals surface area (Å²) >= 11 is 0. The molecule has 0 bridgehead atoms. The average Bonchev–Trinajstić information content (AvgIpc) is 3.27. The van der Waals surface area contributed by atoms with Gasteiger partial charge in [0.2, 0.25) is 0 Å². The van der Waals surface area contributed by atoms with Crippen molar-refractivity contribution in [1.82, 2.24) is 0 Å². The van der Waals surface area contributed by atoms with E-state index in [0.717, 1.165) is 34.4 Å². The van der Waals surface area contributed by atoms with E-state index in [1.54, 1.807) is 68.4 Å². The Bertz CT molecular complexity index is 2750. The molecule has 0 amide bonds. The molecule has 2 atom stereocenters. The molecule has 2 unspecified atom stereocenters. The number of aliphatic hydroxyl groups excluding tert-OH is 1. The van der Waals surface area contributed by atoms with Crippen LogP contribution in [0.5, 0.6) is 17.2 Å². The second-order valence-electron chi connectivity index (χ2n) is 14.7. The largest absolute Gasteiger partial charge is 0.506 e. The highest BCUT2D eigenvalue weighted by atomic mass is 19.1. The molecule has 6 aromatic rings. The number of aromatic carboxylic acids is 2. The molecule has 7 N–H and O–H groups in total. The number of fused-ring (bicyclic) bond motifs is 1. The van der Waals surface area contributed by atoms with E-state index in [4.69, 9.17) is 20.1 Å². The Kier molecular flexibility index (Phi) is 17.6. The van der Waals surface area contributed by atoms with E-state index in [-0.39, 0.29) is 28.7 Å². The molecule has 19 heteroatoms. The first-order chi connectivity index (χ1) is 30.8. The number of non-ortho nitro benzene ring substituents is 2. The van der Waals surface area contributed by atoms with Crippen LogP contribution in [0.2, 0.25) is 0 Å². The van der Waals surface area contributed by atoms with Crippen LogP contribution >= 0.6 is 0 Å². The predicted molar refractivity (Wildman–Crippen MR) is 237 cm³/mol. The number of aliphatic carboxylic acids is 2. The number of hydrogen-bond donors (Lipinski definition) is 7. The van der Waals surface area contributed by atoms with E-state index in [9.17, 15) is 64.2 Å². The number of aliphatic hydroxyl groups is 2. The molecule has 346 valence electrons.